The van der Waals surface area contributed by atoms with Gasteiger partial charge in [0, 0.05) is 24.5 Å². The Kier molecular flexibility index (Phi) is 2.18. The number of aromatic amines is 1. The summed E-state index contributed by atoms with van der Waals surface area (Å²) in [6.45, 7) is 2.45. The molecule has 0 atom stereocenters. The number of ether oxygens (including phenoxy) is 1. The van der Waals surface area contributed by atoms with E-state index in [2.05, 4.69) is 9.97 Å². The van der Waals surface area contributed by atoms with Crippen molar-refractivity contribution in [2.45, 2.75) is 6.92 Å². The molecule has 0 aliphatic heterocycles. The molecule has 2 heterocycles. The lowest BCUT2D eigenvalue weighted by Crippen LogP contribution is -2.02. The standard InChI is InChI=1S/C10H10N2O2/c1-2-14-10-5-8-7(6-12-10)9(13)3-4-11-8/h3-6H,2H2,1H3,(H,11,13). The summed E-state index contributed by atoms with van der Waals surface area (Å²) in [4.78, 5) is 18.3. The molecule has 2 rings (SSSR count). The first-order chi connectivity index (χ1) is 6.81. The van der Waals surface area contributed by atoms with Crippen LogP contribution in [0.1, 0.15) is 6.92 Å². The molecule has 1 N–H and O–H groups in total. The highest BCUT2D eigenvalue weighted by Gasteiger charge is 2.00. The molecule has 0 aliphatic rings. The number of rotatable bonds is 2. The van der Waals surface area contributed by atoms with Crippen molar-refractivity contribution in [3.63, 3.8) is 0 Å². The molecule has 0 saturated carbocycles. The van der Waals surface area contributed by atoms with Crippen LogP contribution in [0.15, 0.2) is 29.3 Å². The van der Waals surface area contributed by atoms with Crippen LogP contribution in [0.2, 0.25) is 0 Å². The molecule has 0 spiro atoms. The average Bonchev–Trinajstić information content (AvgIpc) is 2.18. The lowest BCUT2D eigenvalue weighted by atomic mass is 10.2. The van der Waals surface area contributed by atoms with Crippen molar-refractivity contribution in [3.05, 3.63) is 34.7 Å². The Bertz CT molecular complexity index is 505. The summed E-state index contributed by atoms with van der Waals surface area (Å²) in [6.07, 6.45) is 3.14. The number of fused-ring (bicyclic) bond motifs is 1. The number of aromatic nitrogens is 2. The first kappa shape index (κ1) is 8.74. The zero-order valence-electron chi connectivity index (χ0n) is 7.78. The topological polar surface area (TPSA) is 55.0 Å². The van der Waals surface area contributed by atoms with Gasteiger partial charge >= 0.3 is 0 Å². The Morgan fingerprint density at radius 2 is 2.43 bits per heavy atom. The van der Waals surface area contributed by atoms with Gasteiger partial charge in [-0.05, 0) is 6.92 Å². The highest BCUT2D eigenvalue weighted by molar-refractivity contribution is 5.77. The van der Waals surface area contributed by atoms with E-state index in [0.717, 1.165) is 5.52 Å². The number of nitrogens with one attached hydrogen (secondary N) is 1. The molecule has 2 aromatic heterocycles. The van der Waals surface area contributed by atoms with E-state index in [9.17, 15) is 4.79 Å². The summed E-state index contributed by atoms with van der Waals surface area (Å²) < 4.78 is 5.22. The fraction of sp³-hybridized carbons (Fsp3) is 0.200. The number of H-pyrrole nitrogens is 1. The minimum absolute atomic E-state index is 0.0331. The summed E-state index contributed by atoms with van der Waals surface area (Å²) >= 11 is 0. The summed E-state index contributed by atoms with van der Waals surface area (Å²) in [5.74, 6) is 0.529. The van der Waals surface area contributed by atoms with Crippen LogP contribution in [0.5, 0.6) is 5.88 Å². The predicted octanol–water partition coefficient (Wildman–Crippen LogP) is 1.32. The number of hydrogen-bond acceptors (Lipinski definition) is 3. The van der Waals surface area contributed by atoms with Crippen molar-refractivity contribution in [2.75, 3.05) is 6.61 Å². The lowest BCUT2D eigenvalue weighted by molar-refractivity contribution is 0.327. The van der Waals surface area contributed by atoms with Crippen molar-refractivity contribution in [1.29, 1.82) is 0 Å². The SMILES string of the molecule is CCOc1cc2[nH]ccc(=O)c2cn1. The van der Waals surface area contributed by atoms with Crippen LogP contribution in [-0.4, -0.2) is 16.6 Å². The van der Waals surface area contributed by atoms with Gasteiger partial charge in [-0.3, -0.25) is 4.79 Å². The third kappa shape index (κ3) is 1.46. The molecule has 72 valence electrons. The van der Waals surface area contributed by atoms with E-state index in [0.29, 0.717) is 17.9 Å². The molecule has 4 nitrogen and oxygen atoms in total. The van der Waals surface area contributed by atoms with Crippen molar-refractivity contribution < 1.29 is 4.74 Å². The maximum absolute atomic E-state index is 11.3. The Balaban J connectivity index is 2.61. The summed E-state index contributed by atoms with van der Waals surface area (Å²) in [6, 6.07) is 3.20. The largest absolute Gasteiger partial charge is 0.478 e. The van der Waals surface area contributed by atoms with Gasteiger partial charge in [-0.1, -0.05) is 0 Å². The van der Waals surface area contributed by atoms with Gasteiger partial charge in [0.15, 0.2) is 5.43 Å². The normalized spacial score (nSPS) is 10.4. The maximum Gasteiger partial charge on any atom is 0.215 e. The van der Waals surface area contributed by atoms with Gasteiger partial charge in [0.1, 0.15) is 0 Å². The molecule has 4 heteroatoms. The van der Waals surface area contributed by atoms with Crippen LogP contribution in [0, 0.1) is 0 Å². The Hall–Kier alpha value is -1.84. The first-order valence-electron chi connectivity index (χ1n) is 4.41. The van der Waals surface area contributed by atoms with Gasteiger partial charge < -0.3 is 9.72 Å². The fourth-order valence-corrected chi connectivity index (χ4v) is 1.28. The molecule has 0 radical (unpaired) electrons. The Labute approximate surface area is 80.6 Å². The molecule has 14 heavy (non-hydrogen) atoms. The first-order valence-corrected chi connectivity index (χ1v) is 4.41. The van der Waals surface area contributed by atoms with Crippen molar-refractivity contribution in [3.8, 4) is 5.88 Å². The van der Waals surface area contributed by atoms with Gasteiger partial charge in [-0.15, -0.1) is 0 Å². The molecule has 0 bridgehead atoms. The van der Waals surface area contributed by atoms with E-state index in [4.69, 9.17) is 4.74 Å². The average molecular weight is 190 g/mol. The quantitative estimate of drug-likeness (QED) is 0.777. The van der Waals surface area contributed by atoms with Crippen LogP contribution < -0.4 is 10.2 Å². The third-order valence-electron chi connectivity index (χ3n) is 1.91. The third-order valence-corrected chi connectivity index (χ3v) is 1.91. The van der Waals surface area contributed by atoms with E-state index in [-0.39, 0.29) is 5.43 Å². The summed E-state index contributed by atoms with van der Waals surface area (Å²) in [5.41, 5.74) is 0.713. The van der Waals surface area contributed by atoms with Crippen LogP contribution in [0.25, 0.3) is 10.9 Å². The monoisotopic (exact) mass is 190 g/mol. The van der Waals surface area contributed by atoms with Gasteiger partial charge in [0.2, 0.25) is 5.88 Å². The maximum atomic E-state index is 11.3. The van der Waals surface area contributed by atoms with Gasteiger partial charge in [-0.2, -0.15) is 0 Å². The molecule has 0 aliphatic carbocycles. The summed E-state index contributed by atoms with van der Waals surface area (Å²) in [5, 5.41) is 0.580. The van der Waals surface area contributed by atoms with Gasteiger partial charge in [0.25, 0.3) is 0 Å². The lowest BCUT2D eigenvalue weighted by Gasteiger charge is -2.02. The zero-order chi connectivity index (χ0) is 9.97. The molecule has 0 fully saturated rings. The second-order valence-electron chi connectivity index (χ2n) is 2.84. The number of nitrogens with zero attached hydrogens (tertiary/aromatic N) is 1. The Morgan fingerprint density at radius 3 is 3.21 bits per heavy atom. The smallest absolute Gasteiger partial charge is 0.215 e. The fourth-order valence-electron chi connectivity index (χ4n) is 1.28. The molecule has 0 saturated heterocycles. The Morgan fingerprint density at radius 1 is 1.57 bits per heavy atom. The van der Waals surface area contributed by atoms with Crippen LogP contribution in [0.4, 0.5) is 0 Å². The van der Waals surface area contributed by atoms with E-state index in [1.165, 1.54) is 12.3 Å². The molecular formula is C10H10N2O2. The van der Waals surface area contributed by atoms with Crippen molar-refractivity contribution in [2.24, 2.45) is 0 Å². The van der Waals surface area contributed by atoms with E-state index in [1.54, 1.807) is 12.3 Å². The molecular weight excluding hydrogens is 180 g/mol. The molecule has 0 amide bonds. The highest BCUT2D eigenvalue weighted by atomic mass is 16.5. The van der Waals surface area contributed by atoms with Crippen LogP contribution in [-0.2, 0) is 0 Å². The molecule has 0 unspecified atom stereocenters. The number of pyridine rings is 2. The zero-order valence-corrected chi connectivity index (χ0v) is 7.78. The predicted molar refractivity (Wildman–Crippen MR) is 53.5 cm³/mol. The van der Waals surface area contributed by atoms with Gasteiger partial charge in [-0.25, -0.2) is 4.98 Å². The molecule has 2 aromatic rings. The van der Waals surface area contributed by atoms with Crippen molar-refractivity contribution >= 4 is 10.9 Å². The minimum atomic E-state index is -0.0331. The van der Waals surface area contributed by atoms with E-state index < -0.39 is 0 Å². The second kappa shape index (κ2) is 3.49. The van der Waals surface area contributed by atoms with E-state index >= 15 is 0 Å². The molecule has 0 aromatic carbocycles. The van der Waals surface area contributed by atoms with Gasteiger partial charge in [0.05, 0.1) is 17.5 Å². The van der Waals surface area contributed by atoms with Crippen LogP contribution in [0.3, 0.4) is 0 Å². The number of hydrogen-bond donors (Lipinski definition) is 1. The summed E-state index contributed by atoms with van der Waals surface area (Å²) in [7, 11) is 0. The van der Waals surface area contributed by atoms with Crippen LogP contribution >= 0.6 is 0 Å². The van der Waals surface area contributed by atoms with Crippen molar-refractivity contribution in [1.82, 2.24) is 9.97 Å². The highest BCUT2D eigenvalue weighted by Crippen LogP contribution is 2.12. The minimum Gasteiger partial charge on any atom is -0.478 e. The second-order valence-corrected chi connectivity index (χ2v) is 2.84. The van der Waals surface area contributed by atoms with E-state index in [1.807, 2.05) is 6.92 Å².